The van der Waals surface area contributed by atoms with E-state index in [2.05, 4.69) is 19.1 Å². The Bertz CT molecular complexity index is 363. The highest BCUT2D eigenvalue weighted by atomic mass is 16.5. The molecule has 94 valence electrons. The third kappa shape index (κ3) is 3.32. The van der Waals surface area contributed by atoms with Gasteiger partial charge >= 0.3 is 5.97 Å². The van der Waals surface area contributed by atoms with Crippen molar-refractivity contribution in [3.05, 3.63) is 35.4 Å². The van der Waals surface area contributed by atoms with Crippen LogP contribution in [0.2, 0.25) is 0 Å². The van der Waals surface area contributed by atoms with Gasteiger partial charge in [0, 0.05) is 0 Å². The first kappa shape index (κ1) is 13.8. The molecule has 0 bridgehead atoms. The molecular weight excluding hydrogens is 212 g/mol. The van der Waals surface area contributed by atoms with Gasteiger partial charge in [-0.15, -0.1) is 0 Å². The zero-order chi connectivity index (χ0) is 12.9. The number of hydrogen-bond acceptors (Lipinski definition) is 2. The molecule has 1 aromatic rings. The molecule has 0 aromatic heterocycles. The Hall–Kier alpha value is -1.31. The van der Waals surface area contributed by atoms with Gasteiger partial charge in [0.05, 0.1) is 12.0 Å². The first-order valence-electron chi connectivity index (χ1n) is 6.29. The molecular formula is C15H22O2. The number of aryl methyl sites for hydroxylation is 1. The van der Waals surface area contributed by atoms with Crippen LogP contribution in [0.4, 0.5) is 0 Å². The molecule has 0 radical (unpaired) electrons. The van der Waals surface area contributed by atoms with Crippen LogP contribution in [0.1, 0.15) is 45.2 Å². The number of rotatable bonds is 5. The molecule has 0 N–H and O–H groups in total. The second-order valence-electron chi connectivity index (χ2n) is 4.79. The first-order valence-corrected chi connectivity index (χ1v) is 6.29. The van der Waals surface area contributed by atoms with Gasteiger partial charge in [-0.2, -0.15) is 0 Å². The quantitative estimate of drug-likeness (QED) is 0.729. The lowest BCUT2D eigenvalue weighted by atomic mass is 9.84. The van der Waals surface area contributed by atoms with Crippen LogP contribution in [0, 0.1) is 0 Å². The van der Waals surface area contributed by atoms with E-state index in [1.807, 2.05) is 32.9 Å². The molecule has 0 heterocycles. The van der Waals surface area contributed by atoms with Gasteiger partial charge in [0.2, 0.25) is 0 Å². The molecule has 2 heteroatoms. The van der Waals surface area contributed by atoms with Gasteiger partial charge in [0.1, 0.15) is 0 Å². The van der Waals surface area contributed by atoms with Crippen molar-refractivity contribution in [3.63, 3.8) is 0 Å². The van der Waals surface area contributed by atoms with Crippen LogP contribution in [0.3, 0.4) is 0 Å². The summed E-state index contributed by atoms with van der Waals surface area (Å²) in [4.78, 5) is 11.9. The Balaban J connectivity index is 2.87. The van der Waals surface area contributed by atoms with Gasteiger partial charge in [0.15, 0.2) is 0 Å². The molecule has 1 rings (SSSR count). The zero-order valence-corrected chi connectivity index (χ0v) is 11.2. The van der Waals surface area contributed by atoms with E-state index in [0.29, 0.717) is 6.61 Å². The average molecular weight is 234 g/mol. The van der Waals surface area contributed by atoms with E-state index in [4.69, 9.17) is 4.74 Å². The monoisotopic (exact) mass is 234 g/mol. The number of benzene rings is 1. The third-order valence-electron chi connectivity index (χ3n) is 3.00. The number of ether oxygens (including phenoxy) is 1. The smallest absolute Gasteiger partial charge is 0.315 e. The molecule has 2 nitrogen and oxygen atoms in total. The first-order chi connectivity index (χ1) is 8.02. The molecule has 0 spiro atoms. The Kier molecular flexibility index (Phi) is 4.73. The van der Waals surface area contributed by atoms with E-state index < -0.39 is 5.41 Å². The lowest BCUT2D eigenvalue weighted by Gasteiger charge is -2.23. The van der Waals surface area contributed by atoms with E-state index in [1.54, 1.807) is 0 Å². The summed E-state index contributed by atoms with van der Waals surface area (Å²) in [5, 5.41) is 0. The van der Waals surface area contributed by atoms with E-state index in [-0.39, 0.29) is 5.97 Å². The summed E-state index contributed by atoms with van der Waals surface area (Å²) in [7, 11) is 0. The van der Waals surface area contributed by atoms with Crippen molar-refractivity contribution < 1.29 is 9.53 Å². The predicted octanol–water partition coefficient (Wildman–Crippen LogP) is 3.48. The molecule has 0 aliphatic rings. The second-order valence-corrected chi connectivity index (χ2v) is 4.79. The molecule has 17 heavy (non-hydrogen) atoms. The summed E-state index contributed by atoms with van der Waals surface area (Å²) in [6, 6.07) is 8.25. The lowest BCUT2D eigenvalue weighted by molar-refractivity contribution is -0.148. The van der Waals surface area contributed by atoms with Crippen molar-refractivity contribution >= 4 is 5.97 Å². The van der Waals surface area contributed by atoms with Gasteiger partial charge in [0.25, 0.3) is 0 Å². The van der Waals surface area contributed by atoms with Crippen LogP contribution in [-0.4, -0.2) is 12.6 Å². The van der Waals surface area contributed by atoms with Crippen molar-refractivity contribution in [2.75, 3.05) is 6.61 Å². The summed E-state index contributed by atoms with van der Waals surface area (Å²) >= 11 is 0. The largest absolute Gasteiger partial charge is 0.465 e. The van der Waals surface area contributed by atoms with Crippen molar-refractivity contribution in [2.24, 2.45) is 0 Å². The summed E-state index contributed by atoms with van der Waals surface area (Å²) in [6.07, 6.45) is 2.22. The van der Waals surface area contributed by atoms with E-state index >= 15 is 0 Å². The minimum absolute atomic E-state index is 0.164. The minimum atomic E-state index is -0.569. The summed E-state index contributed by atoms with van der Waals surface area (Å²) in [5.41, 5.74) is 1.76. The Morgan fingerprint density at radius 1 is 1.18 bits per heavy atom. The van der Waals surface area contributed by atoms with Crippen molar-refractivity contribution in [2.45, 2.75) is 46.0 Å². The predicted molar refractivity (Wildman–Crippen MR) is 70.1 cm³/mol. The van der Waals surface area contributed by atoms with E-state index in [1.165, 1.54) is 5.56 Å². The molecule has 0 saturated heterocycles. The Labute approximate surface area is 104 Å². The molecule has 1 aromatic carbocycles. The molecule has 0 fully saturated rings. The SMILES string of the molecule is CCCc1ccc(C(C)(C)C(=O)OCC)cc1. The molecule has 0 unspecified atom stereocenters. The van der Waals surface area contributed by atoms with Crippen LogP contribution in [-0.2, 0) is 21.4 Å². The lowest BCUT2D eigenvalue weighted by Crippen LogP contribution is -2.31. The van der Waals surface area contributed by atoms with Crippen molar-refractivity contribution in [1.29, 1.82) is 0 Å². The standard InChI is InChI=1S/C15H22O2/c1-5-7-12-8-10-13(11-9-12)15(3,4)14(16)17-6-2/h8-11H,5-7H2,1-4H3. The van der Waals surface area contributed by atoms with Crippen LogP contribution in [0.5, 0.6) is 0 Å². The summed E-state index contributed by atoms with van der Waals surface area (Å²) in [5.74, 6) is -0.164. The van der Waals surface area contributed by atoms with Crippen molar-refractivity contribution in [1.82, 2.24) is 0 Å². The normalized spacial score (nSPS) is 11.3. The molecule has 0 saturated carbocycles. The van der Waals surface area contributed by atoms with Gasteiger partial charge in [-0.05, 0) is 38.3 Å². The number of hydrogen-bond donors (Lipinski definition) is 0. The van der Waals surface area contributed by atoms with Gasteiger partial charge in [-0.25, -0.2) is 0 Å². The maximum Gasteiger partial charge on any atom is 0.315 e. The zero-order valence-electron chi connectivity index (χ0n) is 11.2. The van der Waals surface area contributed by atoms with Gasteiger partial charge in [-0.1, -0.05) is 37.6 Å². The number of esters is 1. The average Bonchev–Trinajstić information content (AvgIpc) is 2.30. The van der Waals surface area contributed by atoms with E-state index in [0.717, 1.165) is 18.4 Å². The fraction of sp³-hybridized carbons (Fsp3) is 0.533. The minimum Gasteiger partial charge on any atom is -0.465 e. The maximum atomic E-state index is 11.9. The molecule has 0 atom stereocenters. The number of carbonyl (C=O) groups is 1. The van der Waals surface area contributed by atoms with Crippen molar-refractivity contribution in [3.8, 4) is 0 Å². The van der Waals surface area contributed by atoms with Crippen LogP contribution in [0.25, 0.3) is 0 Å². The second kappa shape index (κ2) is 5.85. The highest BCUT2D eigenvalue weighted by Crippen LogP contribution is 2.25. The van der Waals surface area contributed by atoms with Crippen LogP contribution in [0.15, 0.2) is 24.3 Å². The molecule has 0 aliphatic heterocycles. The van der Waals surface area contributed by atoms with Gasteiger partial charge < -0.3 is 4.74 Å². The highest BCUT2D eigenvalue weighted by molar-refractivity contribution is 5.82. The topological polar surface area (TPSA) is 26.3 Å². The van der Waals surface area contributed by atoms with E-state index in [9.17, 15) is 4.79 Å². The van der Waals surface area contributed by atoms with Gasteiger partial charge in [-0.3, -0.25) is 4.79 Å². The third-order valence-corrected chi connectivity index (χ3v) is 3.00. The maximum absolute atomic E-state index is 11.9. The fourth-order valence-electron chi connectivity index (χ4n) is 1.81. The Morgan fingerprint density at radius 3 is 2.24 bits per heavy atom. The highest BCUT2D eigenvalue weighted by Gasteiger charge is 2.31. The fourth-order valence-corrected chi connectivity index (χ4v) is 1.81. The summed E-state index contributed by atoms with van der Waals surface area (Å²) < 4.78 is 5.10. The Morgan fingerprint density at radius 2 is 1.76 bits per heavy atom. The molecule has 0 amide bonds. The molecule has 0 aliphatic carbocycles. The van der Waals surface area contributed by atoms with Crippen LogP contribution < -0.4 is 0 Å². The van der Waals surface area contributed by atoms with Crippen LogP contribution >= 0.6 is 0 Å². The summed E-state index contributed by atoms with van der Waals surface area (Å²) in [6.45, 7) is 8.23. The number of carbonyl (C=O) groups excluding carboxylic acids is 1.